The van der Waals surface area contributed by atoms with Gasteiger partial charge in [-0.2, -0.15) is 0 Å². The molecule has 1 aromatic carbocycles. The Labute approximate surface area is 114 Å². The topological polar surface area (TPSA) is 64.3 Å². The van der Waals surface area contributed by atoms with Gasteiger partial charge in [-0.15, -0.1) is 0 Å². The Morgan fingerprint density at radius 3 is 2.79 bits per heavy atom. The van der Waals surface area contributed by atoms with E-state index in [0.29, 0.717) is 18.3 Å². The van der Waals surface area contributed by atoms with Gasteiger partial charge in [0.15, 0.2) is 6.10 Å². The van der Waals surface area contributed by atoms with E-state index in [0.717, 1.165) is 18.4 Å². The Morgan fingerprint density at radius 1 is 1.42 bits per heavy atom. The summed E-state index contributed by atoms with van der Waals surface area (Å²) in [6.45, 7) is 2.19. The summed E-state index contributed by atoms with van der Waals surface area (Å²) in [5.74, 6) is 0.651. The highest BCUT2D eigenvalue weighted by molar-refractivity contribution is 5.81. The summed E-state index contributed by atoms with van der Waals surface area (Å²) in [7, 11) is 0. The molecule has 0 radical (unpaired) electrons. The molecule has 0 bridgehead atoms. The number of nitrogens with one attached hydrogen (secondary N) is 1. The fourth-order valence-electron chi connectivity index (χ4n) is 2.42. The van der Waals surface area contributed by atoms with E-state index < -0.39 is 6.10 Å². The van der Waals surface area contributed by atoms with E-state index in [9.17, 15) is 4.79 Å². The first-order valence-corrected chi connectivity index (χ1v) is 6.95. The van der Waals surface area contributed by atoms with E-state index in [1.165, 1.54) is 12.8 Å². The van der Waals surface area contributed by atoms with Crippen LogP contribution in [0.15, 0.2) is 24.3 Å². The van der Waals surface area contributed by atoms with Gasteiger partial charge in [0.25, 0.3) is 5.91 Å². The van der Waals surface area contributed by atoms with Gasteiger partial charge in [0, 0.05) is 18.2 Å². The largest absolute Gasteiger partial charge is 0.481 e. The number of carbonyl (C=O) groups is 1. The van der Waals surface area contributed by atoms with Gasteiger partial charge in [-0.3, -0.25) is 4.79 Å². The molecule has 0 heterocycles. The molecule has 0 aliphatic heterocycles. The summed E-state index contributed by atoms with van der Waals surface area (Å²) < 4.78 is 5.72. The summed E-state index contributed by atoms with van der Waals surface area (Å²) in [6.07, 6.45) is 4.08. The molecule has 1 aliphatic rings. The molecular weight excluding hydrogens is 240 g/mol. The Kier molecular flexibility index (Phi) is 4.80. The van der Waals surface area contributed by atoms with Crippen molar-refractivity contribution in [3.63, 3.8) is 0 Å². The lowest BCUT2D eigenvalue weighted by molar-refractivity contribution is -0.127. The number of hydrogen-bond acceptors (Lipinski definition) is 3. The summed E-state index contributed by atoms with van der Waals surface area (Å²) >= 11 is 0. The maximum Gasteiger partial charge on any atom is 0.260 e. The van der Waals surface area contributed by atoms with E-state index in [-0.39, 0.29) is 5.91 Å². The molecule has 1 amide bonds. The van der Waals surface area contributed by atoms with Crippen molar-refractivity contribution in [3.05, 3.63) is 29.8 Å². The number of amides is 1. The Morgan fingerprint density at radius 2 is 2.11 bits per heavy atom. The van der Waals surface area contributed by atoms with Gasteiger partial charge in [0.05, 0.1) is 0 Å². The zero-order chi connectivity index (χ0) is 13.7. The van der Waals surface area contributed by atoms with Gasteiger partial charge >= 0.3 is 0 Å². The van der Waals surface area contributed by atoms with Crippen LogP contribution in [0.3, 0.4) is 0 Å². The normalized spacial score (nSPS) is 17.2. The summed E-state index contributed by atoms with van der Waals surface area (Å²) in [5.41, 5.74) is 6.57. The Balaban J connectivity index is 1.92. The number of hydrogen-bond donors (Lipinski definition) is 2. The van der Waals surface area contributed by atoms with Crippen molar-refractivity contribution in [3.8, 4) is 5.75 Å². The predicted octanol–water partition coefficient (Wildman–Crippen LogP) is 1.97. The third-order valence-corrected chi connectivity index (χ3v) is 3.57. The number of para-hydroxylation sites is 1. The van der Waals surface area contributed by atoms with Gasteiger partial charge in [-0.05, 0) is 25.8 Å². The van der Waals surface area contributed by atoms with Crippen LogP contribution in [0.1, 0.15) is 38.2 Å². The van der Waals surface area contributed by atoms with Crippen molar-refractivity contribution >= 4 is 5.91 Å². The molecule has 0 saturated heterocycles. The molecule has 2 rings (SSSR count). The van der Waals surface area contributed by atoms with Crippen LogP contribution in [0.25, 0.3) is 0 Å². The standard InChI is InChI=1S/C15H22N2O2/c1-11(15(18)17-13-7-3-4-8-13)19-14-9-5-2-6-12(14)10-16/h2,5-6,9,11,13H,3-4,7-8,10,16H2,1H3,(H,17,18). The van der Waals surface area contributed by atoms with Crippen molar-refractivity contribution in [2.45, 2.75) is 51.3 Å². The molecule has 19 heavy (non-hydrogen) atoms. The maximum atomic E-state index is 12.0. The quantitative estimate of drug-likeness (QED) is 0.852. The minimum atomic E-state index is -0.492. The Bertz CT molecular complexity index is 428. The first-order chi connectivity index (χ1) is 9.20. The van der Waals surface area contributed by atoms with E-state index in [2.05, 4.69) is 5.32 Å². The minimum Gasteiger partial charge on any atom is -0.481 e. The van der Waals surface area contributed by atoms with Crippen LogP contribution in [-0.2, 0) is 11.3 Å². The molecule has 1 aliphatic carbocycles. The highest BCUT2D eigenvalue weighted by Crippen LogP contribution is 2.20. The zero-order valence-corrected chi connectivity index (χ0v) is 11.4. The van der Waals surface area contributed by atoms with E-state index in [1.807, 2.05) is 24.3 Å². The highest BCUT2D eigenvalue weighted by Gasteiger charge is 2.21. The molecule has 0 aromatic heterocycles. The van der Waals surface area contributed by atoms with Crippen LogP contribution in [-0.4, -0.2) is 18.1 Å². The van der Waals surface area contributed by atoms with Gasteiger partial charge in [-0.25, -0.2) is 0 Å². The second-order valence-electron chi connectivity index (χ2n) is 5.06. The fourth-order valence-corrected chi connectivity index (χ4v) is 2.42. The average Bonchev–Trinajstić information content (AvgIpc) is 2.92. The molecule has 1 saturated carbocycles. The first-order valence-electron chi connectivity index (χ1n) is 6.95. The summed E-state index contributed by atoms with van der Waals surface area (Å²) in [5, 5.41) is 3.04. The summed E-state index contributed by atoms with van der Waals surface area (Å²) in [4.78, 5) is 12.0. The van der Waals surface area contributed by atoms with E-state index in [1.54, 1.807) is 6.92 Å². The fraction of sp³-hybridized carbons (Fsp3) is 0.533. The van der Waals surface area contributed by atoms with Crippen LogP contribution < -0.4 is 15.8 Å². The molecule has 4 heteroatoms. The number of nitrogens with two attached hydrogens (primary N) is 1. The van der Waals surface area contributed by atoms with Crippen molar-refractivity contribution in [1.29, 1.82) is 0 Å². The predicted molar refractivity (Wildman–Crippen MR) is 74.8 cm³/mol. The van der Waals surface area contributed by atoms with Crippen molar-refractivity contribution in [2.24, 2.45) is 5.73 Å². The van der Waals surface area contributed by atoms with Crippen molar-refractivity contribution in [2.75, 3.05) is 0 Å². The molecule has 1 fully saturated rings. The van der Waals surface area contributed by atoms with E-state index in [4.69, 9.17) is 10.5 Å². The lowest BCUT2D eigenvalue weighted by Gasteiger charge is -2.19. The monoisotopic (exact) mass is 262 g/mol. The molecule has 4 nitrogen and oxygen atoms in total. The zero-order valence-electron chi connectivity index (χ0n) is 11.4. The number of benzene rings is 1. The smallest absolute Gasteiger partial charge is 0.260 e. The lowest BCUT2D eigenvalue weighted by atomic mass is 10.2. The molecule has 1 aromatic rings. The molecule has 1 atom stereocenters. The maximum absolute atomic E-state index is 12.0. The van der Waals surface area contributed by atoms with Gasteiger partial charge < -0.3 is 15.8 Å². The van der Waals surface area contributed by atoms with Crippen molar-refractivity contribution in [1.82, 2.24) is 5.32 Å². The van der Waals surface area contributed by atoms with Crippen LogP contribution >= 0.6 is 0 Å². The Hall–Kier alpha value is -1.55. The van der Waals surface area contributed by atoms with Crippen LogP contribution in [0.4, 0.5) is 0 Å². The first kappa shape index (κ1) is 13.9. The average molecular weight is 262 g/mol. The van der Waals surface area contributed by atoms with Crippen LogP contribution in [0.5, 0.6) is 5.75 Å². The molecule has 0 spiro atoms. The molecular formula is C15H22N2O2. The SMILES string of the molecule is CC(Oc1ccccc1CN)C(=O)NC1CCCC1. The van der Waals surface area contributed by atoms with Gasteiger partial charge in [0.2, 0.25) is 0 Å². The minimum absolute atomic E-state index is 0.0428. The van der Waals surface area contributed by atoms with Gasteiger partial charge in [-0.1, -0.05) is 31.0 Å². The lowest BCUT2D eigenvalue weighted by Crippen LogP contribution is -2.41. The highest BCUT2D eigenvalue weighted by atomic mass is 16.5. The van der Waals surface area contributed by atoms with Crippen molar-refractivity contribution < 1.29 is 9.53 Å². The second-order valence-corrected chi connectivity index (χ2v) is 5.06. The van der Waals surface area contributed by atoms with Gasteiger partial charge in [0.1, 0.15) is 5.75 Å². The number of ether oxygens (including phenoxy) is 1. The van der Waals surface area contributed by atoms with Crippen LogP contribution in [0.2, 0.25) is 0 Å². The molecule has 1 unspecified atom stereocenters. The number of carbonyl (C=O) groups excluding carboxylic acids is 1. The third kappa shape index (κ3) is 3.70. The third-order valence-electron chi connectivity index (χ3n) is 3.57. The molecule has 104 valence electrons. The van der Waals surface area contributed by atoms with Crippen LogP contribution in [0, 0.1) is 0 Å². The second kappa shape index (κ2) is 6.57. The molecule has 3 N–H and O–H groups in total. The number of rotatable bonds is 5. The summed E-state index contributed by atoms with van der Waals surface area (Å²) in [6, 6.07) is 7.88. The van der Waals surface area contributed by atoms with E-state index >= 15 is 0 Å².